The van der Waals surface area contributed by atoms with E-state index in [0.29, 0.717) is 72.4 Å². The van der Waals surface area contributed by atoms with Crippen LogP contribution >= 0.6 is 34.0 Å². The number of hydrogen-bond donors (Lipinski definition) is 3. The van der Waals surface area contributed by atoms with E-state index in [2.05, 4.69) is 49.7 Å². The predicted molar refractivity (Wildman–Crippen MR) is 348 cm³/mol. The van der Waals surface area contributed by atoms with E-state index in [4.69, 9.17) is 0 Å². The number of halogens is 6. The topological polar surface area (TPSA) is 201 Å². The maximum Gasteiger partial charge on any atom is 0.348 e. The van der Waals surface area contributed by atoms with E-state index in [1.165, 1.54) is 106 Å². The molecule has 9 atom stereocenters. The average Bonchev–Trinajstić information content (AvgIpc) is 1.68. The van der Waals surface area contributed by atoms with Crippen LogP contribution in [-0.2, 0) is 47.9 Å². The fraction of sp³-hybridized carbons (Fsp3) is 0.565. The van der Waals surface area contributed by atoms with Gasteiger partial charge in [-0.15, -0.1) is 69.5 Å². The van der Waals surface area contributed by atoms with Crippen molar-refractivity contribution in [1.29, 1.82) is 0 Å². The standard InChI is InChI=1S/3C23H29F2NO4S/c3*1-4-5-6-8-16(2)19(27)12-10-17-15-23(24,25)22(29)26(17)14-7-9-18-11-13-20(31-18)21(28)30-3/h3*10-13,16-17,19,27H,4,7-9,14-15H2,1-3H3/b3*12-10+/t16?,17-,19-;16-,17+,19-;16-,17-,19+/m010/s1. The lowest BCUT2D eigenvalue weighted by Crippen LogP contribution is -2.36. The summed E-state index contributed by atoms with van der Waals surface area (Å²) < 4.78 is 98.3. The van der Waals surface area contributed by atoms with Gasteiger partial charge in [0, 0.05) is 92.1 Å². The highest BCUT2D eigenvalue weighted by Crippen LogP contribution is 2.38. The number of likely N-dealkylation sites (tertiary alicyclic amines) is 3. The zero-order chi connectivity index (χ0) is 69.1. The minimum Gasteiger partial charge on any atom is -0.465 e. The molecule has 6 heterocycles. The number of aliphatic hydroxyl groups excluding tert-OH is 3. The second kappa shape index (κ2) is 38.6. The van der Waals surface area contributed by atoms with E-state index in [-0.39, 0.29) is 37.4 Å². The number of hydrogen-bond acceptors (Lipinski definition) is 15. The van der Waals surface area contributed by atoms with Crippen molar-refractivity contribution >= 4 is 69.6 Å². The molecule has 1 unspecified atom stereocenters. The van der Waals surface area contributed by atoms with Crippen LogP contribution in [0.15, 0.2) is 72.9 Å². The first kappa shape index (κ1) is 78.7. The van der Waals surface area contributed by atoms with E-state index in [9.17, 15) is 70.4 Å². The number of rotatable bonds is 27. The lowest BCUT2D eigenvalue weighted by molar-refractivity contribution is -0.148. The molecule has 510 valence electrons. The fourth-order valence-corrected chi connectivity index (χ4v) is 12.9. The van der Waals surface area contributed by atoms with Crippen molar-refractivity contribution in [2.24, 2.45) is 17.8 Å². The van der Waals surface area contributed by atoms with Gasteiger partial charge in [0.1, 0.15) is 14.6 Å². The first-order valence-corrected chi connectivity index (χ1v) is 33.6. The van der Waals surface area contributed by atoms with Crippen molar-refractivity contribution in [3.63, 3.8) is 0 Å². The molecule has 0 aliphatic carbocycles. The summed E-state index contributed by atoms with van der Waals surface area (Å²) in [5.41, 5.74) is 0. The molecule has 0 spiro atoms. The number of esters is 3. The van der Waals surface area contributed by atoms with E-state index in [1.54, 1.807) is 36.4 Å². The van der Waals surface area contributed by atoms with Gasteiger partial charge in [0.25, 0.3) is 17.7 Å². The Kier molecular flexibility index (Phi) is 32.7. The van der Waals surface area contributed by atoms with Gasteiger partial charge in [-0.2, -0.15) is 26.3 Å². The van der Waals surface area contributed by atoms with E-state index in [0.717, 1.165) is 33.9 Å². The fourth-order valence-electron chi connectivity index (χ4n) is 9.95. The third-order valence-electron chi connectivity index (χ3n) is 15.4. The molecular formula is C69H87F6N3O12S3. The number of thiophene rings is 3. The van der Waals surface area contributed by atoms with Crippen LogP contribution in [0.3, 0.4) is 0 Å². The van der Waals surface area contributed by atoms with E-state index < -0.39 is 109 Å². The summed E-state index contributed by atoms with van der Waals surface area (Å²) in [4.78, 5) is 78.8. The van der Waals surface area contributed by atoms with Gasteiger partial charge in [-0.25, -0.2) is 14.4 Å². The number of carbonyl (C=O) groups excluding carboxylic acids is 6. The molecule has 3 fully saturated rings. The third-order valence-corrected chi connectivity index (χ3v) is 18.8. The molecule has 15 nitrogen and oxygen atoms in total. The quantitative estimate of drug-likeness (QED) is 0.0215. The number of methoxy groups -OCH3 is 3. The van der Waals surface area contributed by atoms with Crippen LogP contribution in [0.25, 0.3) is 0 Å². The smallest absolute Gasteiger partial charge is 0.348 e. The molecule has 3 aliphatic heterocycles. The minimum atomic E-state index is -3.40. The van der Waals surface area contributed by atoms with Gasteiger partial charge in [0.2, 0.25) is 0 Å². The number of alkyl halides is 6. The van der Waals surface area contributed by atoms with Gasteiger partial charge < -0.3 is 44.2 Å². The van der Waals surface area contributed by atoms with Crippen molar-refractivity contribution in [3.8, 4) is 35.5 Å². The molecular weight excluding hydrogens is 1270 g/mol. The molecule has 0 aromatic carbocycles. The molecule has 3 N–H and O–H groups in total. The van der Waals surface area contributed by atoms with E-state index >= 15 is 0 Å². The minimum absolute atomic E-state index is 0.135. The van der Waals surface area contributed by atoms with E-state index in [1.807, 2.05) is 41.5 Å². The van der Waals surface area contributed by atoms with Crippen LogP contribution in [0.1, 0.15) is 162 Å². The molecule has 3 aromatic heterocycles. The molecule has 3 saturated heterocycles. The normalized spacial score (nSPS) is 19.9. The number of aliphatic hydroxyl groups is 3. The Labute approximate surface area is 554 Å². The third kappa shape index (κ3) is 24.5. The number of nitrogens with zero attached hydrogens (tertiary/aromatic N) is 3. The van der Waals surface area contributed by atoms with Crippen molar-refractivity contribution in [2.75, 3.05) is 41.0 Å². The van der Waals surface area contributed by atoms with Crippen LogP contribution in [-0.4, -0.2) is 161 Å². The number of amides is 3. The van der Waals surface area contributed by atoms with Crippen molar-refractivity contribution in [2.45, 2.75) is 192 Å². The van der Waals surface area contributed by atoms with Crippen LogP contribution in [0.2, 0.25) is 0 Å². The Balaban J connectivity index is 0.000000297. The van der Waals surface area contributed by atoms with Gasteiger partial charge in [-0.1, -0.05) is 78.0 Å². The Morgan fingerprint density at radius 3 is 0.957 bits per heavy atom. The Bertz CT molecular complexity index is 2900. The molecule has 93 heavy (non-hydrogen) atoms. The number of carbonyl (C=O) groups is 6. The maximum absolute atomic E-state index is 14.1. The summed E-state index contributed by atoms with van der Waals surface area (Å²) in [5.74, 6) is 2.34. The SMILES string of the molecule is CCC#CCC(C)[C@@H](O)/C=C/[C@H]1CC(F)(F)C(=O)N1CCCc1ccc(C(=O)OC)s1.CCC#CC[C@@H](C)[C@H](O)/C=C/[C@H]1CC(F)(F)C(=O)N1CCCc1ccc(C(=O)OC)s1.CCC#CC[C@H](C)[C@H](O)/C=C/[C@H]1CC(F)(F)C(=O)N1CCCc1ccc(C(=O)OC)s1. The highest BCUT2D eigenvalue weighted by atomic mass is 32.1. The summed E-state index contributed by atoms with van der Waals surface area (Å²) >= 11 is 3.87. The first-order chi connectivity index (χ1) is 44.1. The van der Waals surface area contributed by atoms with Crippen molar-refractivity contribution in [1.82, 2.24) is 14.7 Å². The van der Waals surface area contributed by atoms with Crippen LogP contribution in [0.4, 0.5) is 26.3 Å². The second-order valence-corrected chi connectivity index (χ2v) is 26.3. The summed E-state index contributed by atoms with van der Waals surface area (Å²) in [5, 5.41) is 30.8. The summed E-state index contributed by atoms with van der Waals surface area (Å²) in [6.07, 6.45) is 11.6. The first-order valence-electron chi connectivity index (χ1n) is 31.1. The lowest BCUT2D eigenvalue weighted by atomic mass is 9.99. The van der Waals surface area contributed by atoms with Gasteiger partial charge in [-0.05, 0) is 92.7 Å². The summed E-state index contributed by atoms with van der Waals surface area (Å²) in [6.45, 7) is 11.9. The van der Waals surface area contributed by atoms with Gasteiger partial charge in [-0.3, -0.25) is 14.4 Å². The molecule has 24 heteroatoms. The van der Waals surface area contributed by atoms with Crippen LogP contribution in [0.5, 0.6) is 0 Å². The zero-order valence-corrected chi connectivity index (χ0v) is 56.7. The average molecular weight is 1360 g/mol. The molecule has 0 bridgehead atoms. The van der Waals surface area contributed by atoms with Crippen LogP contribution < -0.4 is 0 Å². The molecule has 0 radical (unpaired) electrons. The lowest BCUT2D eigenvalue weighted by Gasteiger charge is -2.22. The largest absolute Gasteiger partial charge is 0.465 e. The maximum atomic E-state index is 14.1. The Hall–Kier alpha value is -6.72. The monoisotopic (exact) mass is 1360 g/mol. The molecule has 3 amide bonds. The highest BCUT2D eigenvalue weighted by Gasteiger charge is 2.54. The summed E-state index contributed by atoms with van der Waals surface area (Å²) in [7, 11) is 3.93. The molecule has 0 saturated carbocycles. The van der Waals surface area contributed by atoms with Crippen LogP contribution in [0, 0.1) is 53.3 Å². The van der Waals surface area contributed by atoms with Gasteiger partial charge >= 0.3 is 35.7 Å². The summed E-state index contributed by atoms with van der Waals surface area (Å²) in [6, 6.07) is 8.11. The molecule has 6 rings (SSSR count). The zero-order valence-electron chi connectivity index (χ0n) is 54.2. The molecule has 3 aliphatic rings. The van der Waals surface area contributed by atoms with Gasteiger partial charge in [0.05, 0.1) is 57.8 Å². The predicted octanol–water partition coefficient (Wildman–Crippen LogP) is 12.2. The number of aryl methyl sites for hydroxylation is 3. The molecule has 3 aromatic rings. The Morgan fingerprint density at radius 2 is 0.731 bits per heavy atom. The second-order valence-electron chi connectivity index (χ2n) is 22.8. The Morgan fingerprint density at radius 1 is 0.484 bits per heavy atom. The highest BCUT2D eigenvalue weighted by molar-refractivity contribution is 7.14. The van der Waals surface area contributed by atoms with Gasteiger partial charge in [0.15, 0.2) is 0 Å². The van der Waals surface area contributed by atoms with Crippen molar-refractivity contribution in [3.05, 3.63) is 102 Å². The number of ether oxygens (including phenoxy) is 3. The van der Waals surface area contributed by atoms with Crippen molar-refractivity contribution < 1.29 is 84.6 Å².